The van der Waals surface area contributed by atoms with E-state index in [0.717, 1.165) is 0 Å². The van der Waals surface area contributed by atoms with Crippen LogP contribution in [0.25, 0.3) is 0 Å². The van der Waals surface area contributed by atoms with Crippen molar-refractivity contribution in [3.05, 3.63) is 46.5 Å². The van der Waals surface area contributed by atoms with Gasteiger partial charge in [-0.15, -0.1) is 0 Å². The lowest BCUT2D eigenvalue weighted by Gasteiger charge is -2.12. The van der Waals surface area contributed by atoms with Crippen LogP contribution in [0, 0.1) is 0 Å². The maximum Gasteiger partial charge on any atom is 0.331 e. The van der Waals surface area contributed by atoms with Crippen LogP contribution in [0.3, 0.4) is 0 Å². The van der Waals surface area contributed by atoms with Gasteiger partial charge in [-0.2, -0.15) is 5.10 Å². The van der Waals surface area contributed by atoms with Crippen LogP contribution in [0.2, 0.25) is 0 Å². The van der Waals surface area contributed by atoms with E-state index in [-0.39, 0.29) is 0 Å². The zero-order valence-corrected chi connectivity index (χ0v) is 12.0. The first-order valence-electron chi connectivity index (χ1n) is 5.61. The minimum Gasteiger partial charge on any atom is -0.479 e. The Kier molecular flexibility index (Phi) is 4.14. The Morgan fingerprint density at radius 3 is 2.80 bits per heavy atom. The molecule has 20 heavy (non-hydrogen) atoms. The molecular weight excluding hydrogens is 328 g/mol. The number of amides is 1. The van der Waals surface area contributed by atoms with E-state index in [1.165, 1.54) is 29.2 Å². The lowest BCUT2D eigenvalue weighted by atomic mass is 10.1. The van der Waals surface area contributed by atoms with Crippen LogP contribution in [-0.4, -0.2) is 31.7 Å². The number of nitrogens with one attached hydrogen (secondary N) is 1. The Bertz CT molecular complexity index is 656. The molecule has 0 aliphatic carbocycles. The number of carbonyl (C=O) groups excluding carboxylic acids is 1. The highest BCUT2D eigenvalue weighted by Crippen LogP contribution is 2.14. The van der Waals surface area contributed by atoms with E-state index in [1.54, 1.807) is 13.2 Å². The predicted molar refractivity (Wildman–Crippen MR) is 73.0 cm³/mol. The number of carbonyl (C=O) groups is 2. The number of aromatic nitrogens is 3. The van der Waals surface area contributed by atoms with Crippen LogP contribution in [0.5, 0.6) is 0 Å². The average Bonchev–Trinajstić information content (AvgIpc) is 2.81. The number of nitrogens with zero attached hydrogens (tertiary/aromatic N) is 3. The van der Waals surface area contributed by atoms with E-state index >= 15 is 0 Å². The van der Waals surface area contributed by atoms with E-state index in [4.69, 9.17) is 0 Å². The second kappa shape index (κ2) is 5.83. The molecule has 2 N–H and O–H groups in total. The van der Waals surface area contributed by atoms with Gasteiger partial charge >= 0.3 is 5.97 Å². The first kappa shape index (κ1) is 14.2. The SMILES string of the molecule is Cn1cc(C(NC(=O)c2ccnc(Br)c2)C(=O)O)cn1. The molecule has 0 aromatic carbocycles. The summed E-state index contributed by atoms with van der Waals surface area (Å²) in [6, 6.07) is 1.86. The first-order valence-corrected chi connectivity index (χ1v) is 6.40. The van der Waals surface area contributed by atoms with Gasteiger partial charge in [-0.1, -0.05) is 0 Å². The molecule has 8 heteroatoms. The van der Waals surface area contributed by atoms with Crippen molar-refractivity contribution in [1.29, 1.82) is 0 Å². The summed E-state index contributed by atoms with van der Waals surface area (Å²) in [5.41, 5.74) is 0.725. The van der Waals surface area contributed by atoms with E-state index in [2.05, 4.69) is 31.3 Å². The molecule has 2 rings (SSSR count). The molecule has 1 unspecified atom stereocenters. The fraction of sp³-hybridized carbons (Fsp3) is 0.167. The van der Waals surface area contributed by atoms with Crippen LogP contribution >= 0.6 is 15.9 Å². The zero-order valence-electron chi connectivity index (χ0n) is 10.4. The summed E-state index contributed by atoms with van der Waals surface area (Å²) >= 11 is 3.15. The second-order valence-corrected chi connectivity index (χ2v) is 4.87. The van der Waals surface area contributed by atoms with Gasteiger partial charge in [0, 0.05) is 30.6 Å². The highest BCUT2D eigenvalue weighted by atomic mass is 79.9. The Labute approximate surface area is 122 Å². The average molecular weight is 339 g/mol. The molecule has 0 fully saturated rings. The Hall–Kier alpha value is -2.22. The first-order chi connectivity index (χ1) is 9.47. The second-order valence-electron chi connectivity index (χ2n) is 4.06. The minimum atomic E-state index is -1.15. The maximum atomic E-state index is 12.0. The number of carboxylic acid groups (broad SMARTS) is 1. The summed E-state index contributed by atoms with van der Waals surface area (Å²) in [4.78, 5) is 27.2. The van der Waals surface area contributed by atoms with E-state index in [9.17, 15) is 14.7 Å². The number of halogens is 1. The van der Waals surface area contributed by atoms with Gasteiger partial charge < -0.3 is 10.4 Å². The number of aryl methyl sites for hydroxylation is 1. The molecule has 1 atom stereocenters. The predicted octanol–water partition coefficient (Wildman–Crippen LogP) is 1.13. The summed E-state index contributed by atoms with van der Waals surface area (Å²) in [7, 11) is 1.67. The van der Waals surface area contributed by atoms with Crippen molar-refractivity contribution < 1.29 is 14.7 Å². The van der Waals surface area contributed by atoms with Crippen LogP contribution in [-0.2, 0) is 11.8 Å². The molecular formula is C12H11BrN4O3. The topological polar surface area (TPSA) is 97.1 Å². The normalized spacial score (nSPS) is 11.9. The van der Waals surface area contributed by atoms with Gasteiger partial charge in [-0.3, -0.25) is 9.48 Å². The summed E-state index contributed by atoms with van der Waals surface area (Å²) in [6.45, 7) is 0. The molecule has 1 amide bonds. The smallest absolute Gasteiger partial charge is 0.331 e. The lowest BCUT2D eigenvalue weighted by Crippen LogP contribution is -2.33. The van der Waals surface area contributed by atoms with Crippen molar-refractivity contribution in [1.82, 2.24) is 20.1 Å². The van der Waals surface area contributed by atoms with Gasteiger partial charge in [0.05, 0.1) is 6.20 Å². The molecule has 0 saturated heterocycles. The zero-order chi connectivity index (χ0) is 14.7. The summed E-state index contributed by atoms with van der Waals surface area (Å²) in [5.74, 6) is -1.65. The third-order valence-corrected chi connectivity index (χ3v) is 3.00. The minimum absolute atomic E-state index is 0.321. The van der Waals surface area contributed by atoms with Gasteiger partial charge in [-0.05, 0) is 28.1 Å². The molecule has 0 spiro atoms. The van der Waals surface area contributed by atoms with Crippen molar-refractivity contribution >= 4 is 27.8 Å². The highest BCUT2D eigenvalue weighted by Gasteiger charge is 2.24. The molecule has 2 aromatic rings. The highest BCUT2D eigenvalue weighted by molar-refractivity contribution is 9.10. The maximum absolute atomic E-state index is 12.0. The molecule has 104 valence electrons. The van der Waals surface area contributed by atoms with Crippen molar-refractivity contribution in [2.75, 3.05) is 0 Å². The van der Waals surface area contributed by atoms with Gasteiger partial charge in [0.2, 0.25) is 0 Å². The Morgan fingerprint density at radius 1 is 1.50 bits per heavy atom. The van der Waals surface area contributed by atoms with Gasteiger partial charge in [0.15, 0.2) is 6.04 Å². The van der Waals surface area contributed by atoms with E-state index < -0.39 is 17.9 Å². The molecule has 7 nitrogen and oxygen atoms in total. The standard InChI is InChI=1S/C12H11BrN4O3/c1-17-6-8(5-15-17)10(12(19)20)16-11(18)7-2-3-14-9(13)4-7/h2-6,10H,1H3,(H,16,18)(H,19,20). The van der Waals surface area contributed by atoms with Crippen LogP contribution in [0.15, 0.2) is 35.3 Å². The van der Waals surface area contributed by atoms with E-state index in [0.29, 0.717) is 15.7 Å². The Balaban J connectivity index is 2.21. The summed E-state index contributed by atoms with van der Waals surface area (Å²) in [5, 5.41) is 15.6. The van der Waals surface area contributed by atoms with Crippen LogP contribution in [0.4, 0.5) is 0 Å². The number of aliphatic carboxylic acids is 1. The number of pyridine rings is 1. The molecule has 0 aliphatic heterocycles. The molecule has 0 aliphatic rings. The fourth-order valence-electron chi connectivity index (χ4n) is 1.63. The lowest BCUT2D eigenvalue weighted by molar-refractivity contribution is -0.139. The van der Waals surface area contributed by atoms with Crippen LogP contribution in [0.1, 0.15) is 22.0 Å². The number of carboxylic acids is 1. The molecule has 2 aromatic heterocycles. The molecule has 0 saturated carbocycles. The quantitative estimate of drug-likeness (QED) is 0.814. The number of rotatable bonds is 4. The van der Waals surface area contributed by atoms with E-state index in [1.807, 2.05) is 0 Å². The van der Waals surface area contributed by atoms with Crippen molar-refractivity contribution in [3.63, 3.8) is 0 Å². The number of hydrogen-bond donors (Lipinski definition) is 2. The largest absolute Gasteiger partial charge is 0.479 e. The molecule has 0 bridgehead atoms. The fourth-order valence-corrected chi connectivity index (χ4v) is 2.00. The summed E-state index contributed by atoms with van der Waals surface area (Å²) in [6.07, 6.45) is 4.40. The van der Waals surface area contributed by atoms with Crippen molar-refractivity contribution in [2.24, 2.45) is 7.05 Å². The van der Waals surface area contributed by atoms with Gasteiger partial charge in [0.1, 0.15) is 4.60 Å². The monoisotopic (exact) mass is 338 g/mol. The van der Waals surface area contributed by atoms with Crippen LogP contribution < -0.4 is 5.32 Å². The molecule has 0 radical (unpaired) electrons. The Morgan fingerprint density at radius 2 is 2.25 bits per heavy atom. The van der Waals surface area contributed by atoms with Crippen molar-refractivity contribution in [3.8, 4) is 0 Å². The van der Waals surface area contributed by atoms with Gasteiger partial charge in [-0.25, -0.2) is 9.78 Å². The van der Waals surface area contributed by atoms with Gasteiger partial charge in [0.25, 0.3) is 5.91 Å². The molecule has 2 heterocycles. The summed E-state index contributed by atoms with van der Waals surface area (Å²) < 4.78 is 1.97. The van der Waals surface area contributed by atoms with Crippen molar-refractivity contribution in [2.45, 2.75) is 6.04 Å². The third-order valence-electron chi connectivity index (χ3n) is 2.57. The number of hydrogen-bond acceptors (Lipinski definition) is 4. The third kappa shape index (κ3) is 3.21.